The molecule has 0 aliphatic carbocycles. The summed E-state index contributed by atoms with van der Waals surface area (Å²) in [6, 6.07) is 8.53. The molecule has 0 unspecified atom stereocenters. The summed E-state index contributed by atoms with van der Waals surface area (Å²) in [5.41, 5.74) is 2.28. The second-order valence-electron chi connectivity index (χ2n) is 5.30. The second-order valence-corrected chi connectivity index (χ2v) is 5.71. The van der Waals surface area contributed by atoms with Crippen LogP contribution in [0.2, 0.25) is 5.02 Å². The van der Waals surface area contributed by atoms with Crippen molar-refractivity contribution in [3.05, 3.63) is 46.5 Å². The van der Waals surface area contributed by atoms with Crippen molar-refractivity contribution < 1.29 is 19.0 Å². The third kappa shape index (κ3) is 4.70. The number of carbonyl (C=O) groups excluding carboxylic acids is 1. The number of benzene rings is 2. The van der Waals surface area contributed by atoms with Gasteiger partial charge < -0.3 is 24.8 Å². The number of rotatable bonds is 6. The molecule has 0 aliphatic heterocycles. The summed E-state index contributed by atoms with van der Waals surface area (Å²) in [7, 11) is 4.66. The standard InChI is InChI=1S/C18H21ClN2O4/c1-11-7-14(16(24-3)9-13(11)19)21-18(22)20-10-12-5-6-15(23-2)17(8-12)25-4/h5-9H,10H2,1-4H3,(H2,20,21,22). The minimum atomic E-state index is -0.352. The van der Waals surface area contributed by atoms with Crippen molar-refractivity contribution in [2.24, 2.45) is 0 Å². The molecule has 134 valence electrons. The molecule has 0 aliphatic rings. The van der Waals surface area contributed by atoms with Crippen LogP contribution in [-0.4, -0.2) is 27.4 Å². The van der Waals surface area contributed by atoms with E-state index in [9.17, 15) is 4.79 Å². The summed E-state index contributed by atoms with van der Waals surface area (Å²) < 4.78 is 15.7. The fourth-order valence-electron chi connectivity index (χ4n) is 2.27. The number of anilines is 1. The fourth-order valence-corrected chi connectivity index (χ4v) is 2.42. The van der Waals surface area contributed by atoms with E-state index in [1.807, 2.05) is 19.1 Å². The van der Waals surface area contributed by atoms with Crippen LogP contribution in [0.15, 0.2) is 30.3 Å². The van der Waals surface area contributed by atoms with Crippen molar-refractivity contribution in [3.8, 4) is 17.2 Å². The van der Waals surface area contributed by atoms with Gasteiger partial charge in [-0.05, 0) is 36.2 Å². The molecule has 25 heavy (non-hydrogen) atoms. The summed E-state index contributed by atoms with van der Waals surface area (Å²) in [5, 5.41) is 6.12. The molecule has 2 aromatic rings. The van der Waals surface area contributed by atoms with Crippen LogP contribution in [-0.2, 0) is 6.54 Å². The first-order valence-electron chi connectivity index (χ1n) is 7.58. The Bertz CT molecular complexity index is 765. The smallest absolute Gasteiger partial charge is 0.319 e. The van der Waals surface area contributed by atoms with E-state index in [4.69, 9.17) is 25.8 Å². The number of methoxy groups -OCH3 is 3. The van der Waals surface area contributed by atoms with Gasteiger partial charge in [-0.2, -0.15) is 0 Å². The molecule has 0 radical (unpaired) electrons. The Labute approximate surface area is 152 Å². The van der Waals surface area contributed by atoms with Crippen molar-refractivity contribution in [2.75, 3.05) is 26.6 Å². The van der Waals surface area contributed by atoms with Crippen molar-refractivity contribution >= 4 is 23.3 Å². The molecule has 0 bridgehead atoms. The molecule has 2 N–H and O–H groups in total. The zero-order chi connectivity index (χ0) is 18.4. The highest BCUT2D eigenvalue weighted by Crippen LogP contribution is 2.31. The van der Waals surface area contributed by atoms with E-state index in [1.54, 1.807) is 32.4 Å². The minimum absolute atomic E-state index is 0.334. The molecule has 2 amide bonds. The van der Waals surface area contributed by atoms with E-state index in [0.29, 0.717) is 34.5 Å². The van der Waals surface area contributed by atoms with Crippen LogP contribution in [0.3, 0.4) is 0 Å². The molecular weight excluding hydrogens is 344 g/mol. The molecule has 0 heterocycles. The number of aryl methyl sites for hydroxylation is 1. The zero-order valence-electron chi connectivity index (χ0n) is 14.6. The van der Waals surface area contributed by atoms with Crippen LogP contribution in [0.4, 0.5) is 10.5 Å². The Morgan fingerprint density at radius 3 is 2.32 bits per heavy atom. The molecule has 0 spiro atoms. The highest BCUT2D eigenvalue weighted by Gasteiger charge is 2.11. The average molecular weight is 365 g/mol. The van der Waals surface area contributed by atoms with Crippen LogP contribution in [0, 0.1) is 6.92 Å². The van der Waals surface area contributed by atoms with Crippen molar-refractivity contribution in [3.63, 3.8) is 0 Å². The first-order valence-corrected chi connectivity index (χ1v) is 7.96. The Hall–Kier alpha value is -2.60. The quantitative estimate of drug-likeness (QED) is 0.813. The van der Waals surface area contributed by atoms with Gasteiger partial charge in [-0.3, -0.25) is 0 Å². The van der Waals surface area contributed by atoms with Crippen LogP contribution in [0.5, 0.6) is 17.2 Å². The predicted octanol–water partition coefficient (Wildman–Crippen LogP) is 4.00. The molecule has 7 heteroatoms. The fraction of sp³-hybridized carbons (Fsp3) is 0.278. The first-order chi connectivity index (χ1) is 12.0. The van der Waals surface area contributed by atoms with Gasteiger partial charge in [0.2, 0.25) is 0 Å². The number of ether oxygens (including phenoxy) is 3. The lowest BCUT2D eigenvalue weighted by Gasteiger charge is -2.13. The molecule has 0 atom stereocenters. The SMILES string of the molecule is COc1cc(Cl)c(C)cc1NC(=O)NCc1ccc(OC)c(OC)c1. The summed E-state index contributed by atoms with van der Waals surface area (Å²) in [6.45, 7) is 2.19. The zero-order valence-corrected chi connectivity index (χ0v) is 15.4. The lowest BCUT2D eigenvalue weighted by Crippen LogP contribution is -2.28. The topological polar surface area (TPSA) is 68.8 Å². The maximum Gasteiger partial charge on any atom is 0.319 e. The molecule has 2 rings (SSSR count). The molecule has 2 aromatic carbocycles. The molecule has 0 saturated heterocycles. The number of hydrogen-bond acceptors (Lipinski definition) is 4. The van der Waals surface area contributed by atoms with E-state index in [1.165, 1.54) is 7.11 Å². The highest BCUT2D eigenvalue weighted by molar-refractivity contribution is 6.31. The van der Waals surface area contributed by atoms with Crippen molar-refractivity contribution in [2.45, 2.75) is 13.5 Å². The van der Waals surface area contributed by atoms with Gasteiger partial charge in [0.15, 0.2) is 11.5 Å². The van der Waals surface area contributed by atoms with Gasteiger partial charge in [0, 0.05) is 17.6 Å². The predicted molar refractivity (Wildman–Crippen MR) is 98.1 cm³/mol. The lowest BCUT2D eigenvalue weighted by atomic mass is 10.2. The van der Waals surface area contributed by atoms with Gasteiger partial charge in [0.05, 0.1) is 27.0 Å². The van der Waals surface area contributed by atoms with Gasteiger partial charge in [-0.1, -0.05) is 17.7 Å². The van der Waals surface area contributed by atoms with E-state index < -0.39 is 0 Å². The van der Waals surface area contributed by atoms with Gasteiger partial charge in [0.1, 0.15) is 5.75 Å². The molecular formula is C18H21ClN2O4. The van der Waals surface area contributed by atoms with E-state index >= 15 is 0 Å². The van der Waals surface area contributed by atoms with Gasteiger partial charge in [0.25, 0.3) is 0 Å². The Morgan fingerprint density at radius 2 is 1.68 bits per heavy atom. The highest BCUT2D eigenvalue weighted by atomic mass is 35.5. The number of nitrogens with one attached hydrogen (secondary N) is 2. The minimum Gasteiger partial charge on any atom is -0.495 e. The average Bonchev–Trinajstić information content (AvgIpc) is 2.62. The Morgan fingerprint density at radius 1 is 1.00 bits per heavy atom. The van der Waals surface area contributed by atoms with E-state index in [2.05, 4.69) is 10.6 Å². The normalized spacial score (nSPS) is 10.1. The number of carbonyl (C=O) groups is 1. The summed E-state index contributed by atoms with van der Waals surface area (Å²) in [5.74, 6) is 1.74. The Kier molecular flexibility index (Phi) is 6.36. The van der Waals surface area contributed by atoms with Gasteiger partial charge in [-0.15, -0.1) is 0 Å². The largest absolute Gasteiger partial charge is 0.495 e. The first kappa shape index (κ1) is 18.7. The van der Waals surface area contributed by atoms with E-state index in [0.717, 1.165) is 11.1 Å². The third-order valence-corrected chi connectivity index (χ3v) is 4.04. The van der Waals surface area contributed by atoms with E-state index in [-0.39, 0.29) is 6.03 Å². The maximum atomic E-state index is 12.2. The number of urea groups is 1. The molecule has 0 fully saturated rings. The van der Waals surface area contributed by atoms with Crippen LogP contribution in [0.25, 0.3) is 0 Å². The molecule has 0 aromatic heterocycles. The summed E-state index contributed by atoms with van der Waals surface area (Å²) in [4.78, 5) is 12.2. The third-order valence-electron chi connectivity index (χ3n) is 3.63. The Balaban J connectivity index is 2.03. The number of amides is 2. The van der Waals surface area contributed by atoms with Crippen LogP contribution in [0.1, 0.15) is 11.1 Å². The van der Waals surface area contributed by atoms with Crippen molar-refractivity contribution in [1.29, 1.82) is 0 Å². The second kappa shape index (κ2) is 8.48. The monoisotopic (exact) mass is 364 g/mol. The maximum absolute atomic E-state index is 12.2. The molecule has 0 saturated carbocycles. The van der Waals surface area contributed by atoms with Crippen LogP contribution >= 0.6 is 11.6 Å². The summed E-state index contributed by atoms with van der Waals surface area (Å²) in [6.07, 6.45) is 0. The number of hydrogen-bond donors (Lipinski definition) is 2. The van der Waals surface area contributed by atoms with Crippen molar-refractivity contribution in [1.82, 2.24) is 5.32 Å². The van der Waals surface area contributed by atoms with Gasteiger partial charge >= 0.3 is 6.03 Å². The molecule has 6 nitrogen and oxygen atoms in total. The summed E-state index contributed by atoms with van der Waals surface area (Å²) >= 11 is 6.07. The van der Waals surface area contributed by atoms with Gasteiger partial charge in [-0.25, -0.2) is 4.79 Å². The lowest BCUT2D eigenvalue weighted by molar-refractivity contribution is 0.251. The van der Waals surface area contributed by atoms with Crippen LogP contribution < -0.4 is 24.8 Å². The number of halogens is 1.